The summed E-state index contributed by atoms with van der Waals surface area (Å²) in [7, 11) is 0. The van der Waals surface area contributed by atoms with Crippen LogP contribution in [0.2, 0.25) is 0 Å². The number of nitrogen functional groups attached to an aromatic ring is 1. The van der Waals surface area contributed by atoms with Gasteiger partial charge in [-0.05, 0) is 18.2 Å². The van der Waals surface area contributed by atoms with Crippen molar-refractivity contribution in [3.05, 3.63) is 66.9 Å². The molecule has 2 aromatic heterocycles. The predicted molar refractivity (Wildman–Crippen MR) is 128 cm³/mol. The number of nitrogens with one attached hydrogen (secondary N) is 1. The van der Waals surface area contributed by atoms with Gasteiger partial charge in [-0.3, -0.25) is 9.88 Å². The average molecular weight is 427 g/mol. The van der Waals surface area contributed by atoms with Crippen molar-refractivity contribution in [1.29, 1.82) is 0 Å². The van der Waals surface area contributed by atoms with E-state index in [-0.39, 0.29) is 0 Å². The Kier molecular flexibility index (Phi) is 5.91. The zero-order chi connectivity index (χ0) is 21.8. The van der Waals surface area contributed by atoms with Crippen LogP contribution in [-0.4, -0.2) is 59.2 Å². The van der Waals surface area contributed by atoms with E-state index in [4.69, 9.17) is 20.4 Å². The van der Waals surface area contributed by atoms with Crippen molar-refractivity contribution in [2.45, 2.75) is 0 Å². The van der Waals surface area contributed by atoms with Gasteiger partial charge in [0.15, 0.2) is 11.6 Å². The molecule has 1 aliphatic rings. The molecule has 5 rings (SSSR count). The van der Waals surface area contributed by atoms with Crippen molar-refractivity contribution in [3.63, 3.8) is 0 Å². The van der Waals surface area contributed by atoms with Gasteiger partial charge in [0, 0.05) is 48.9 Å². The molecular formula is C25H26N6O. The van der Waals surface area contributed by atoms with Gasteiger partial charge in [0.05, 0.1) is 30.1 Å². The van der Waals surface area contributed by atoms with Gasteiger partial charge >= 0.3 is 0 Å². The van der Waals surface area contributed by atoms with Crippen LogP contribution in [0.3, 0.4) is 0 Å². The van der Waals surface area contributed by atoms with E-state index in [1.165, 1.54) is 0 Å². The Labute approximate surface area is 187 Å². The Morgan fingerprint density at radius 2 is 1.72 bits per heavy atom. The summed E-state index contributed by atoms with van der Waals surface area (Å²) in [6.07, 6.45) is 1.80. The Morgan fingerprint density at radius 1 is 0.906 bits per heavy atom. The fourth-order valence-electron chi connectivity index (χ4n) is 3.96. The van der Waals surface area contributed by atoms with Crippen LogP contribution in [0.5, 0.6) is 0 Å². The lowest BCUT2D eigenvalue weighted by Crippen LogP contribution is -2.39. The molecular weight excluding hydrogens is 400 g/mol. The summed E-state index contributed by atoms with van der Waals surface area (Å²) in [6.45, 7) is 5.12. The second-order valence-corrected chi connectivity index (χ2v) is 7.81. The minimum Gasteiger partial charge on any atom is -0.381 e. The monoisotopic (exact) mass is 426 g/mol. The van der Waals surface area contributed by atoms with Crippen LogP contribution in [-0.2, 0) is 4.74 Å². The van der Waals surface area contributed by atoms with E-state index in [1.807, 2.05) is 48.5 Å². The maximum absolute atomic E-state index is 6.34. The molecule has 162 valence electrons. The number of fused-ring (bicyclic) bond motifs is 1. The largest absolute Gasteiger partial charge is 0.381 e. The number of morpholine rings is 1. The van der Waals surface area contributed by atoms with Crippen LogP contribution in [0.4, 0.5) is 11.6 Å². The van der Waals surface area contributed by atoms with E-state index >= 15 is 0 Å². The third-order valence-corrected chi connectivity index (χ3v) is 5.67. The molecule has 2 aromatic carbocycles. The van der Waals surface area contributed by atoms with Gasteiger partial charge in [0.25, 0.3) is 0 Å². The Morgan fingerprint density at radius 3 is 2.56 bits per heavy atom. The number of benzene rings is 2. The van der Waals surface area contributed by atoms with Crippen LogP contribution in [0.1, 0.15) is 0 Å². The summed E-state index contributed by atoms with van der Waals surface area (Å²) < 4.78 is 5.43. The lowest BCUT2D eigenvalue weighted by Gasteiger charge is -2.26. The highest BCUT2D eigenvalue weighted by molar-refractivity contribution is 5.88. The lowest BCUT2D eigenvalue weighted by atomic mass is 10.0. The summed E-state index contributed by atoms with van der Waals surface area (Å²) >= 11 is 0. The van der Waals surface area contributed by atoms with Crippen LogP contribution in [0.25, 0.3) is 33.4 Å². The van der Waals surface area contributed by atoms with E-state index in [0.717, 1.165) is 72.8 Å². The van der Waals surface area contributed by atoms with Gasteiger partial charge in [0.2, 0.25) is 0 Å². The summed E-state index contributed by atoms with van der Waals surface area (Å²) in [5.74, 6) is 1.01. The second kappa shape index (κ2) is 9.30. The Hall–Kier alpha value is -3.55. The molecule has 32 heavy (non-hydrogen) atoms. The number of anilines is 2. The minimum absolute atomic E-state index is 0.400. The van der Waals surface area contributed by atoms with Gasteiger partial charge in [-0.25, -0.2) is 9.97 Å². The molecule has 1 fully saturated rings. The number of aromatic nitrogens is 3. The maximum Gasteiger partial charge on any atom is 0.169 e. The second-order valence-electron chi connectivity index (χ2n) is 7.81. The maximum atomic E-state index is 6.34. The van der Waals surface area contributed by atoms with Crippen molar-refractivity contribution in [2.75, 3.05) is 50.4 Å². The first-order valence-corrected chi connectivity index (χ1v) is 10.9. The molecule has 0 saturated carbocycles. The van der Waals surface area contributed by atoms with E-state index in [1.54, 1.807) is 6.20 Å². The van der Waals surface area contributed by atoms with E-state index in [9.17, 15) is 0 Å². The number of hydrogen-bond acceptors (Lipinski definition) is 7. The van der Waals surface area contributed by atoms with Crippen molar-refractivity contribution < 1.29 is 4.74 Å². The van der Waals surface area contributed by atoms with E-state index < -0.39 is 0 Å². The molecule has 7 nitrogen and oxygen atoms in total. The highest BCUT2D eigenvalue weighted by atomic mass is 16.5. The molecule has 3 N–H and O–H groups in total. The first-order chi connectivity index (χ1) is 15.8. The van der Waals surface area contributed by atoms with Crippen LogP contribution < -0.4 is 11.1 Å². The Bertz CT molecular complexity index is 1210. The van der Waals surface area contributed by atoms with Gasteiger partial charge in [-0.2, -0.15) is 0 Å². The number of rotatable bonds is 6. The molecule has 0 aliphatic carbocycles. The molecule has 4 aromatic rings. The Balaban J connectivity index is 1.50. The zero-order valence-electron chi connectivity index (χ0n) is 17.9. The molecule has 1 saturated heterocycles. The molecule has 0 bridgehead atoms. The molecule has 7 heteroatoms. The predicted octanol–water partition coefficient (Wildman–Crippen LogP) is 3.69. The van der Waals surface area contributed by atoms with Gasteiger partial charge in [0.1, 0.15) is 0 Å². The normalized spacial score (nSPS) is 14.5. The smallest absolute Gasteiger partial charge is 0.169 e. The van der Waals surface area contributed by atoms with Crippen LogP contribution in [0, 0.1) is 0 Å². The van der Waals surface area contributed by atoms with Gasteiger partial charge in [-0.15, -0.1) is 0 Å². The van der Waals surface area contributed by atoms with Crippen molar-refractivity contribution in [3.8, 4) is 22.5 Å². The molecule has 0 atom stereocenters. The van der Waals surface area contributed by atoms with Crippen molar-refractivity contribution in [2.24, 2.45) is 0 Å². The van der Waals surface area contributed by atoms with Crippen molar-refractivity contribution in [1.82, 2.24) is 19.9 Å². The number of hydrogen-bond donors (Lipinski definition) is 2. The standard InChI is InChI=1S/C25H26N6O/c26-24-25(28-11-12-31-13-15-32-16-14-31)30-23(22(29-24)18-5-2-1-3-6-18)20-8-9-21-19(17-20)7-4-10-27-21/h1-10,17H,11-16H2,(H2,26,29)(H,28,30). The molecule has 3 heterocycles. The third kappa shape index (κ3) is 4.39. The fourth-order valence-corrected chi connectivity index (χ4v) is 3.96. The topological polar surface area (TPSA) is 89.2 Å². The first-order valence-electron chi connectivity index (χ1n) is 10.9. The first kappa shape index (κ1) is 20.4. The van der Waals surface area contributed by atoms with Crippen LogP contribution >= 0.6 is 0 Å². The van der Waals surface area contributed by atoms with E-state index in [0.29, 0.717) is 11.6 Å². The SMILES string of the molecule is Nc1nc(-c2ccccc2)c(-c2ccc3ncccc3c2)nc1NCCN1CCOCC1. The average Bonchev–Trinajstić information content (AvgIpc) is 2.86. The third-order valence-electron chi connectivity index (χ3n) is 5.67. The van der Waals surface area contributed by atoms with Crippen LogP contribution in [0.15, 0.2) is 66.9 Å². The highest BCUT2D eigenvalue weighted by Crippen LogP contribution is 2.33. The van der Waals surface area contributed by atoms with E-state index in [2.05, 4.69) is 27.3 Å². The van der Waals surface area contributed by atoms with Crippen molar-refractivity contribution >= 4 is 22.5 Å². The highest BCUT2D eigenvalue weighted by Gasteiger charge is 2.16. The van der Waals surface area contributed by atoms with Gasteiger partial charge < -0.3 is 15.8 Å². The summed E-state index contributed by atoms with van der Waals surface area (Å²) in [6, 6.07) is 20.2. The number of nitrogens with two attached hydrogens (primary N) is 1. The minimum atomic E-state index is 0.400. The zero-order valence-corrected chi connectivity index (χ0v) is 17.9. The quantitative estimate of drug-likeness (QED) is 0.486. The molecule has 0 radical (unpaired) electrons. The number of nitrogens with zero attached hydrogens (tertiary/aromatic N) is 4. The molecule has 0 amide bonds. The molecule has 1 aliphatic heterocycles. The van der Waals surface area contributed by atoms with Gasteiger partial charge in [-0.1, -0.05) is 42.5 Å². The molecule has 0 spiro atoms. The lowest BCUT2D eigenvalue weighted by molar-refractivity contribution is 0.0398. The number of ether oxygens (including phenoxy) is 1. The number of pyridine rings is 1. The summed E-state index contributed by atoms with van der Waals surface area (Å²) in [5, 5.41) is 4.45. The summed E-state index contributed by atoms with van der Waals surface area (Å²) in [5.41, 5.74) is 10.8. The molecule has 0 unspecified atom stereocenters. The fraction of sp³-hybridized carbons (Fsp3) is 0.240. The summed E-state index contributed by atoms with van der Waals surface area (Å²) in [4.78, 5) is 16.5.